The summed E-state index contributed by atoms with van der Waals surface area (Å²) in [6.45, 7) is 1.85. The number of ketones is 1. The smallest absolute Gasteiger partial charge is 0.342 e. The first-order valence-electron chi connectivity index (χ1n) is 6.19. The first-order chi connectivity index (χ1) is 9.99. The third-order valence-corrected chi connectivity index (χ3v) is 3.34. The minimum Gasteiger partial charge on any atom is -0.452 e. The summed E-state index contributed by atoms with van der Waals surface area (Å²) in [6.07, 6.45) is 2.55. The minimum atomic E-state index is -0.536. The van der Waals surface area contributed by atoms with Crippen molar-refractivity contribution in [2.24, 2.45) is 7.05 Å². The number of hydrogen-bond acceptors (Lipinski definition) is 5. The van der Waals surface area contributed by atoms with Crippen molar-refractivity contribution in [3.8, 4) is 5.75 Å². The third kappa shape index (κ3) is 1.99. The van der Waals surface area contributed by atoms with E-state index in [0.29, 0.717) is 11.3 Å². The largest absolute Gasteiger partial charge is 0.452 e. The molecule has 0 atom stereocenters. The standard InChI is InChI=1S/C14H11N3O4/c1-8-4-3-5-9-13(18)10(21-14(8)9)6-11-15-7-12(16(11)2)17(19)20/h3-7H,1-2H3/b10-6-. The summed E-state index contributed by atoms with van der Waals surface area (Å²) in [4.78, 5) is 26.4. The van der Waals surface area contributed by atoms with E-state index >= 15 is 0 Å². The fraction of sp³-hybridized carbons (Fsp3) is 0.143. The highest BCUT2D eigenvalue weighted by Gasteiger charge is 2.29. The predicted molar refractivity (Wildman–Crippen MR) is 74.0 cm³/mol. The molecule has 0 amide bonds. The molecule has 0 N–H and O–H groups in total. The quantitative estimate of drug-likeness (QED) is 0.480. The van der Waals surface area contributed by atoms with E-state index in [9.17, 15) is 14.9 Å². The van der Waals surface area contributed by atoms with E-state index in [0.717, 1.165) is 11.8 Å². The average Bonchev–Trinajstić information content (AvgIpc) is 2.95. The van der Waals surface area contributed by atoms with Crippen LogP contribution in [0, 0.1) is 17.0 Å². The molecule has 0 unspecified atom stereocenters. The van der Waals surface area contributed by atoms with E-state index in [-0.39, 0.29) is 23.2 Å². The highest BCUT2D eigenvalue weighted by atomic mass is 16.6. The summed E-state index contributed by atoms with van der Waals surface area (Å²) >= 11 is 0. The van der Waals surface area contributed by atoms with Gasteiger partial charge in [-0.05, 0) is 23.5 Å². The molecule has 0 saturated heterocycles. The van der Waals surface area contributed by atoms with Crippen LogP contribution in [0.5, 0.6) is 5.75 Å². The maximum atomic E-state index is 12.2. The van der Waals surface area contributed by atoms with Crippen LogP contribution in [0.2, 0.25) is 0 Å². The minimum absolute atomic E-state index is 0.114. The topological polar surface area (TPSA) is 87.3 Å². The SMILES string of the molecule is Cc1cccc2c1O/C(=C\c1ncc([N+](=O)[O-])n1C)C2=O. The van der Waals surface area contributed by atoms with Crippen LogP contribution in [-0.4, -0.2) is 20.3 Å². The van der Waals surface area contributed by atoms with Crippen LogP contribution in [0.1, 0.15) is 21.7 Å². The van der Waals surface area contributed by atoms with Gasteiger partial charge in [0.25, 0.3) is 0 Å². The van der Waals surface area contributed by atoms with Gasteiger partial charge in [-0.3, -0.25) is 4.79 Å². The molecule has 2 aromatic rings. The van der Waals surface area contributed by atoms with E-state index in [1.165, 1.54) is 17.7 Å². The zero-order valence-electron chi connectivity index (χ0n) is 11.4. The van der Waals surface area contributed by atoms with Gasteiger partial charge < -0.3 is 14.9 Å². The summed E-state index contributed by atoms with van der Waals surface area (Å²) in [5.41, 5.74) is 1.35. The van der Waals surface area contributed by atoms with Gasteiger partial charge in [0, 0.05) is 0 Å². The number of benzene rings is 1. The number of Topliss-reactive ketones (excluding diaryl/α,β-unsaturated/α-hetero) is 1. The lowest BCUT2D eigenvalue weighted by molar-refractivity contribution is -0.391. The van der Waals surface area contributed by atoms with Crippen LogP contribution in [0.25, 0.3) is 6.08 Å². The molecule has 21 heavy (non-hydrogen) atoms. The van der Waals surface area contributed by atoms with Gasteiger partial charge in [0.1, 0.15) is 11.9 Å². The Morgan fingerprint density at radius 1 is 1.43 bits per heavy atom. The number of aromatic nitrogens is 2. The lowest BCUT2D eigenvalue weighted by atomic mass is 10.1. The molecule has 1 aromatic carbocycles. The Kier molecular flexibility index (Phi) is 2.83. The lowest BCUT2D eigenvalue weighted by Crippen LogP contribution is -2.02. The van der Waals surface area contributed by atoms with Gasteiger partial charge in [0.15, 0.2) is 5.76 Å². The maximum absolute atomic E-state index is 12.2. The molecule has 1 aliphatic heterocycles. The number of imidazole rings is 1. The van der Waals surface area contributed by atoms with Crippen molar-refractivity contribution in [1.29, 1.82) is 0 Å². The fourth-order valence-corrected chi connectivity index (χ4v) is 2.19. The Morgan fingerprint density at radius 3 is 2.81 bits per heavy atom. The second-order valence-corrected chi connectivity index (χ2v) is 4.68. The molecule has 1 aliphatic rings. The lowest BCUT2D eigenvalue weighted by Gasteiger charge is -2.00. The van der Waals surface area contributed by atoms with Crippen LogP contribution in [-0.2, 0) is 7.05 Å². The van der Waals surface area contributed by atoms with E-state index < -0.39 is 4.92 Å². The molecule has 7 nitrogen and oxygen atoms in total. The Morgan fingerprint density at radius 2 is 2.19 bits per heavy atom. The van der Waals surface area contributed by atoms with Crippen molar-refractivity contribution in [3.05, 3.63) is 57.2 Å². The van der Waals surface area contributed by atoms with Crippen LogP contribution in [0.15, 0.2) is 30.2 Å². The molecule has 0 aliphatic carbocycles. The number of carbonyl (C=O) groups is 1. The normalized spacial score (nSPS) is 15.1. The molecule has 0 fully saturated rings. The summed E-state index contributed by atoms with van der Waals surface area (Å²) in [5.74, 6) is 0.524. The number of allylic oxidation sites excluding steroid dienone is 1. The Balaban J connectivity index is 2.02. The highest BCUT2D eigenvalue weighted by molar-refractivity contribution is 6.14. The van der Waals surface area contributed by atoms with E-state index in [1.807, 2.05) is 13.0 Å². The van der Waals surface area contributed by atoms with Crippen molar-refractivity contribution in [2.45, 2.75) is 6.92 Å². The first-order valence-corrected chi connectivity index (χ1v) is 6.19. The van der Waals surface area contributed by atoms with Crippen LogP contribution in [0.4, 0.5) is 5.82 Å². The predicted octanol–water partition coefficient (Wildman–Crippen LogP) is 2.25. The van der Waals surface area contributed by atoms with Crippen molar-refractivity contribution in [2.75, 3.05) is 0 Å². The molecule has 0 saturated carbocycles. The number of hydrogen-bond donors (Lipinski definition) is 0. The number of fused-ring (bicyclic) bond motifs is 1. The Hall–Kier alpha value is -2.96. The van der Waals surface area contributed by atoms with Crippen molar-refractivity contribution in [1.82, 2.24) is 9.55 Å². The summed E-state index contributed by atoms with van der Waals surface area (Å²) in [7, 11) is 1.51. The molecular weight excluding hydrogens is 274 g/mol. The molecule has 2 heterocycles. The highest BCUT2D eigenvalue weighted by Crippen LogP contribution is 2.34. The molecule has 0 radical (unpaired) electrons. The number of para-hydroxylation sites is 1. The molecule has 7 heteroatoms. The molecule has 1 aromatic heterocycles. The Bertz CT molecular complexity index is 805. The van der Waals surface area contributed by atoms with E-state index in [4.69, 9.17) is 4.74 Å². The number of nitro groups is 1. The molecule has 0 spiro atoms. The van der Waals surface area contributed by atoms with Gasteiger partial charge in [-0.2, -0.15) is 0 Å². The Labute approximate surface area is 119 Å². The van der Waals surface area contributed by atoms with E-state index in [2.05, 4.69) is 4.98 Å². The number of ether oxygens (including phenoxy) is 1. The molecular formula is C14H11N3O4. The van der Waals surface area contributed by atoms with Crippen molar-refractivity contribution < 1.29 is 14.5 Å². The van der Waals surface area contributed by atoms with Gasteiger partial charge in [-0.15, -0.1) is 0 Å². The van der Waals surface area contributed by atoms with Crippen molar-refractivity contribution in [3.63, 3.8) is 0 Å². The number of aryl methyl sites for hydroxylation is 1. The van der Waals surface area contributed by atoms with Crippen molar-refractivity contribution >= 4 is 17.7 Å². The van der Waals surface area contributed by atoms with E-state index in [1.54, 1.807) is 12.1 Å². The molecule has 0 bridgehead atoms. The van der Waals surface area contributed by atoms with Gasteiger partial charge >= 0.3 is 5.82 Å². The van der Waals surface area contributed by atoms with Crippen LogP contribution < -0.4 is 4.74 Å². The third-order valence-electron chi connectivity index (χ3n) is 3.34. The van der Waals surface area contributed by atoms with Gasteiger partial charge in [-0.25, -0.2) is 9.55 Å². The van der Waals surface area contributed by atoms with Gasteiger partial charge in [0.2, 0.25) is 11.6 Å². The van der Waals surface area contributed by atoms with Crippen LogP contribution >= 0.6 is 0 Å². The summed E-state index contributed by atoms with van der Waals surface area (Å²) in [6, 6.07) is 5.32. The molecule has 106 valence electrons. The monoisotopic (exact) mass is 285 g/mol. The summed E-state index contributed by atoms with van der Waals surface area (Å²) in [5, 5.41) is 10.8. The zero-order chi connectivity index (χ0) is 15.1. The number of rotatable bonds is 2. The fourth-order valence-electron chi connectivity index (χ4n) is 2.19. The first kappa shape index (κ1) is 13.0. The van der Waals surface area contributed by atoms with Gasteiger partial charge in [-0.1, -0.05) is 12.1 Å². The number of nitrogens with zero attached hydrogens (tertiary/aromatic N) is 3. The summed E-state index contributed by atoms with van der Waals surface area (Å²) < 4.78 is 6.86. The zero-order valence-corrected chi connectivity index (χ0v) is 11.4. The molecule has 3 rings (SSSR count). The van der Waals surface area contributed by atoms with Gasteiger partial charge in [0.05, 0.1) is 18.7 Å². The second-order valence-electron chi connectivity index (χ2n) is 4.68. The number of carbonyl (C=O) groups excluding carboxylic acids is 1. The van der Waals surface area contributed by atoms with Crippen LogP contribution in [0.3, 0.4) is 0 Å². The maximum Gasteiger partial charge on any atom is 0.342 e. The second kappa shape index (κ2) is 4.55. The average molecular weight is 285 g/mol.